The maximum Gasteiger partial charge on any atom is 0.120 e. The molecule has 0 atom stereocenters. The molecule has 1 aliphatic heterocycles. The summed E-state index contributed by atoms with van der Waals surface area (Å²) in [7, 11) is 1.64. The lowest BCUT2D eigenvalue weighted by molar-refractivity contribution is 0.300. The van der Waals surface area contributed by atoms with Crippen LogP contribution < -0.4 is 10.1 Å². The van der Waals surface area contributed by atoms with Gasteiger partial charge in [0.2, 0.25) is 0 Å². The van der Waals surface area contributed by atoms with Gasteiger partial charge in [-0.2, -0.15) is 11.8 Å². The molecular formula is C14H22N2O2S. The lowest BCUT2D eigenvalue weighted by Crippen LogP contribution is -2.37. The fraction of sp³-hybridized carbons (Fsp3) is 0.571. The SMILES string of the molecule is COc1ccc(O)c(CNCCN2CCSCC2)c1. The molecule has 1 fully saturated rings. The van der Waals surface area contributed by atoms with E-state index < -0.39 is 0 Å². The highest BCUT2D eigenvalue weighted by Crippen LogP contribution is 2.22. The van der Waals surface area contributed by atoms with Gasteiger partial charge >= 0.3 is 0 Å². The summed E-state index contributed by atoms with van der Waals surface area (Å²) in [4.78, 5) is 2.48. The Kier molecular flexibility index (Phi) is 5.82. The second-order valence-electron chi connectivity index (χ2n) is 4.63. The number of nitrogens with zero attached hydrogens (tertiary/aromatic N) is 1. The van der Waals surface area contributed by atoms with Crippen molar-refractivity contribution in [1.82, 2.24) is 10.2 Å². The predicted molar refractivity (Wildman–Crippen MR) is 80.1 cm³/mol. The average Bonchev–Trinajstić information content (AvgIpc) is 2.46. The lowest BCUT2D eigenvalue weighted by atomic mass is 10.2. The van der Waals surface area contributed by atoms with Crippen LogP contribution in [0.25, 0.3) is 0 Å². The summed E-state index contributed by atoms with van der Waals surface area (Å²) in [6, 6.07) is 5.32. The topological polar surface area (TPSA) is 44.7 Å². The van der Waals surface area contributed by atoms with Gasteiger partial charge in [0.15, 0.2) is 0 Å². The Hall–Kier alpha value is -0.910. The van der Waals surface area contributed by atoms with Crippen molar-refractivity contribution in [2.24, 2.45) is 0 Å². The van der Waals surface area contributed by atoms with Gasteiger partial charge in [-0.05, 0) is 18.2 Å². The number of aromatic hydroxyl groups is 1. The van der Waals surface area contributed by atoms with E-state index in [0.717, 1.165) is 24.4 Å². The molecule has 1 saturated heterocycles. The first-order chi connectivity index (χ1) is 9.29. The van der Waals surface area contributed by atoms with Crippen molar-refractivity contribution in [2.45, 2.75) is 6.54 Å². The second-order valence-corrected chi connectivity index (χ2v) is 5.85. The van der Waals surface area contributed by atoms with E-state index in [1.807, 2.05) is 17.8 Å². The van der Waals surface area contributed by atoms with E-state index >= 15 is 0 Å². The molecule has 0 amide bonds. The molecule has 19 heavy (non-hydrogen) atoms. The van der Waals surface area contributed by atoms with Crippen molar-refractivity contribution in [1.29, 1.82) is 0 Å². The van der Waals surface area contributed by atoms with E-state index in [-0.39, 0.29) is 0 Å². The lowest BCUT2D eigenvalue weighted by Gasteiger charge is -2.26. The van der Waals surface area contributed by atoms with Crippen LogP contribution in [0.15, 0.2) is 18.2 Å². The van der Waals surface area contributed by atoms with Crippen LogP contribution in [-0.4, -0.2) is 54.8 Å². The molecule has 0 unspecified atom stereocenters. The summed E-state index contributed by atoms with van der Waals surface area (Å²) in [5, 5.41) is 13.1. The minimum atomic E-state index is 0.322. The largest absolute Gasteiger partial charge is 0.508 e. The molecule has 0 bridgehead atoms. The molecule has 1 aromatic rings. The smallest absolute Gasteiger partial charge is 0.120 e. The summed E-state index contributed by atoms with van der Waals surface area (Å²) in [5.74, 6) is 3.60. The van der Waals surface area contributed by atoms with Crippen molar-refractivity contribution in [3.8, 4) is 11.5 Å². The minimum absolute atomic E-state index is 0.322. The van der Waals surface area contributed by atoms with Crippen LogP contribution in [0.5, 0.6) is 11.5 Å². The molecule has 106 valence electrons. The number of rotatable bonds is 6. The third kappa shape index (κ3) is 4.60. The highest BCUT2D eigenvalue weighted by molar-refractivity contribution is 7.99. The molecule has 1 heterocycles. The molecule has 0 aromatic heterocycles. The van der Waals surface area contributed by atoms with Gasteiger partial charge < -0.3 is 20.1 Å². The van der Waals surface area contributed by atoms with Crippen LogP contribution in [0, 0.1) is 0 Å². The van der Waals surface area contributed by atoms with Gasteiger partial charge in [0, 0.05) is 49.8 Å². The Bertz CT molecular complexity index is 395. The third-order valence-electron chi connectivity index (χ3n) is 3.31. The second kappa shape index (κ2) is 7.62. The van der Waals surface area contributed by atoms with Gasteiger partial charge in [0.25, 0.3) is 0 Å². The molecule has 2 rings (SSSR count). The molecule has 0 spiro atoms. The van der Waals surface area contributed by atoms with Gasteiger partial charge in [-0.3, -0.25) is 0 Å². The van der Waals surface area contributed by atoms with Gasteiger partial charge in [-0.1, -0.05) is 0 Å². The quantitative estimate of drug-likeness (QED) is 0.775. The van der Waals surface area contributed by atoms with Gasteiger partial charge in [-0.15, -0.1) is 0 Å². The fourth-order valence-corrected chi connectivity index (χ4v) is 3.09. The number of hydrogen-bond acceptors (Lipinski definition) is 5. The van der Waals surface area contributed by atoms with Crippen molar-refractivity contribution in [2.75, 3.05) is 44.8 Å². The molecule has 1 aromatic carbocycles. The van der Waals surface area contributed by atoms with Crippen LogP contribution in [0.4, 0.5) is 0 Å². The molecular weight excluding hydrogens is 260 g/mol. The summed E-state index contributed by atoms with van der Waals surface area (Å²) in [5.41, 5.74) is 0.883. The number of benzene rings is 1. The number of thioether (sulfide) groups is 1. The summed E-state index contributed by atoms with van der Waals surface area (Å²) in [6.45, 7) is 5.08. The maximum atomic E-state index is 9.77. The van der Waals surface area contributed by atoms with Gasteiger partial charge in [0.1, 0.15) is 11.5 Å². The van der Waals surface area contributed by atoms with E-state index in [1.54, 1.807) is 19.2 Å². The molecule has 0 saturated carbocycles. The van der Waals surface area contributed by atoms with E-state index in [2.05, 4.69) is 10.2 Å². The van der Waals surface area contributed by atoms with Crippen molar-refractivity contribution < 1.29 is 9.84 Å². The molecule has 4 nitrogen and oxygen atoms in total. The van der Waals surface area contributed by atoms with E-state index in [0.29, 0.717) is 12.3 Å². The Morgan fingerprint density at radius 3 is 2.89 bits per heavy atom. The molecule has 0 aliphatic carbocycles. The first-order valence-corrected chi connectivity index (χ1v) is 7.82. The number of hydrogen-bond donors (Lipinski definition) is 2. The molecule has 2 N–H and O–H groups in total. The van der Waals surface area contributed by atoms with Crippen LogP contribution >= 0.6 is 11.8 Å². The van der Waals surface area contributed by atoms with Crippen LogP contribution in [0.2, 0.25) is 0 Å². The Labute approximate surface area is 119 Å². The number of phenols is 1. The summed E-state index contributed by atoms with van der Waals surface area (Å²) >= 11 is 2.03. The third-order valence-corrected chi connectivity index (χ3v) is 4.25. The number of ether oxygens (including phenoxy) is 1. The zero-order valence-corrected chi connectivity index (χ0v) is 12.2. The standard InChI is InChI=1S/C14H22N2O2S/c1-18-13-2-3-14(17)12(10-13)11-15-4-5-16-6-8-19-9-7-16/h2-3,10,15,17H,4-9,11H2,1H3. The summed E-state index contributed by atoms with van der Waals surface area (Å²) in [6.07, 6.45) is 0. The monoisotopic (exact) mass is 282 g/mol. The molecule has 5 heteroatoms. The Balaban J connectivity index is 1.72. The fourth-order valence-electron chi connectivity index (χ4n) is 2.12. The first kappa shape index (κ1) is 14.5. The van der Waals surface area contributed by atoms with Crippen LogP contribution in [0.1, 0.15) is 5.56 Å². The van der Waals surface area contributed by atoms with Crippen molar-refractivity contribution in [3.05, 3.63) is 23.8 Å². The predicted octanol–water partition coefficient (Wildman–Crippen LogP) is 1.54. The number of phenolic OH excluding ortho intramolecular Hbond substituents is 1. The zero-order chi connectivity index (χ0) is 13.5. The van der Waals surface area contributed by atoms with Gasteiger partial charge in [0.05, 0.1) is 7.11 Å². The highest BCUT2D eigenvalue weighted by Gasteiger charge is 2.09. The van der Waals surface area contributed by atoms with E-state index in [9.17, 15) is 5.11 Å². The van der Waals surface area contributed by atoms with Crippen LogP contribution in [-0.2, 0) is 6.54 Å². The Morgan fingerprint density at radius 2 is 2.16 bits per heavy atom. The van der Waals surface area contributed by atoms with E-state index in [4.69, 9.17) is 4.74 Å². The summed E-state index contributed by atoms with van der Waals surface area (Å²) < 4.78 is 5.16. The van der Waals surface area contributed by atoms with E-state index in [1.165, 1.54) is 24.6 Å². The maximum absolute atomic E-state index is 9.77. The number of nitrogens with one attached hydrogen (secondary N) is 1. The first-order valence-electron chi connectivity index (χ1n) is 6.66. The van der Waals surface area contributed by atoms with Crippen molar-refractivity contribution in [3.63, 3.8) is 0 Å². The molecule has 0 radical (unpaired) electrons. The normalized spacial score (nSPS) is 16.5. The average molecular weight is 282 g/mol. The van der Waals surface area contributed by atoms with Gasteiger partial charge in [-0.25, -0.2) is 0 Å². The number of methoxy groups -OCH3 is 1. The van der Waals surface area contributed by atoms with Crippen LogP contribution in [0.3, 0.4) is 0 Å². The zero-order valence-electron chi connectivity index (χ0n) is 11.4. The van der Waals surface area contributed by atoms with Crippen molar-refractivity contribution >= 4 is 11.8 Å². The molecule has 1 aliphatic rings. The minimum Gasteiger partial charge on any atom is -0.508 e. The Morgan fingerprint density at radius 1 is 1.37 bits per heavy atom. The highest BCUT2D eigenvalue weighted by atomic mass is 32.2.